The van der Waals surface area contributed by atoms with Gasteiger partial charge in [-0.15, -0.1) is 0 Å². The van der Waals surface area contributed by atoms with E-state index in [4.69, 9.17) is 0 Å². The van der Waals surface area contributed by atoms with Gasteiger partial charge in [0.05, 0.1) is 0 Å². The Kier molecular flexibility index (Phi) is 5.67. The van der Waals surface area contributed by atoms with Gasteiger partial charge in [0.1, 0.15) is 0 Å². The molecule has 0 saturated carbocycles. The maximum Gasteiger partial charge on any atom is 0.0496 e. The predicted octanol–water partition coefficient (Wildman–Crippen LogP) is 6.06. The summed E-state index contributed by atoms with van der Waals surface area (Å²) in [4.78, 5) is 0. The van der Waals surface area contributed by atoms with Gasteiger partial charge in [-0.2, -0.15) is 0 Å². The number of hydrogen-bond donors (Lipinski definition) is 1. The summed E-state index contributed by atoms with van der Waals surface area (Å²) in [6, 6.07) is 16.9. The minimum absolute atomic E-state index is 0.502. The Balaban J connectivity index is 2.12. The number of halogens is 2. The fourth-order valence-electron chi connectivity index (χ4n) is 2.29. The van der Waals surface area contributed by atoms with Crippen LogP contribution in [0.1, 0.15) is 25.3 Å². The largest absolute Gasteiger partial charge is 0.383 e. The van der Waals surface area contributed by atoms with Crippen molar-refractivity contribution < 1.29 is 0 Å². The number of anilines is 1. The molecule has 1 unspecified atom stereocenters. The van der Waals surface area contributed by atoms with Gasteiger partial charge in [-0.3, -0.25) is 0 Å². The van der Waals surface area contributed by atoms with Crippen LogP contribution in [0.4, 0.5) is 5.69 Å². The summed E-state index contributed by atoms with van der Waals surface area (Å²) >= 11 is 7.11. The highest BCUT2D eigenvalue weighted by Crippen LogP contribution is 2.29. The van der Waals surface area contributed by atoms with Crippen molar-refractivity contribution in [3.8, 4) is 0 Å². The first-order valence-electron chi connectivity index (χ1n) is 6.82. The molecule has 1 N–H and O–H groups in total. The standard InChI is InChI=1S/C17H19Br2N/c1-12(2)15(13-6-4-3-5-7-13)11-20-17-10-14(18)8-9-16(17)19/h3-10,12,15,20H,11H2,1-2H3. The summed E-state index contributed by atoms with van der Waals surface area (Å²) in [5.74, 6) is 1.10. The van der Waals surface area contributed by atoms with Gasteiger partial charge in [-0.25, -0.2) is 0 Å². The molecule has 0 saturated heterocycles. The zero-order valence-electron chi connectivity index (χ0n) is 11.7. The second-order valence-corrected chi connectivity index (χ2v) is 7.04. The normalized spacial score (nSPS) is 12.4. The third kappa shape index (κ3) is 4.10. The molecule has 2 rings (SSSR count). The first kappa shape index (κ1) is 15.6. The lowest BCUT2D eigenvalue weighted by Gasteiger charge is -2.23. The molecule has 0 aliphatic carbocycles. The average molecular weight is 397 g/mol. The van der Waals surface area contributed by atoms with E-state index in [2.05, 4.69) is 93.5 Å². The molecule has 0 fully saturated rings. The van der Waals surface area contributed by atoms with Gasteiger partial charge in [0.15, 0.2) is 0 Å². The van der Waals surface area contributed by atoms with Crippen LogP contribution in [0.2, 0.25) is 0 Å². The fourth-order valence-corrected chi connectivity index (χ4v) is 3.04. The lowest BCUT2D eigenvalue weighted by atomic mass is 9.88. The summed E-state index contributed by atoms with van der Waals surface area (Å²) in [5.41, 5.74) is 2.52. The highest BCUT2D eigenvalue weighted by molar-refractivity contribution is 9.11. The minimum atomic E-state index is 0.502. The molecule has 0 radical (unpaired) electrons. The summed E-state index contributed by atoms with van der Waals surface area (Å²) < 4.78 is 2.18. The quantitative estimate of drug-likeness (QED) is 0.647. The van der Waals surface area contributed by atoms with Crippen LogP contribution in [0.25, 0.3) is 0 Å². The van der Waals surface area contributed by atoms with Gasteiger partial charge < -0.3 is 5.32 Å². The van der Waals surface area contributed by atoms with Crippen LogP contribution < -0.4 is 5.32 Å². The van der Waals surface area contributed by atoms with Gasteiger partial charge in [-0.05, 0) is 45.6 Å². The third-order valence-electron chi connectivity index (χ3n) is 3.47. The molecule has 2 aromatic rings. The average Bonchev–Trinajstić information content (AvgIpc) is 2.43. The fraction of sp³-hybridized carbons (Fsp3) is 0.294. The second-order valence-electron chi connectivity index (χ2n) is 5.27. The molecule has 0 aliphatic heterocycles. The van der Waals surface area contributed by atoms with E-state index in [1.54, 1.807) is 0 Å². The van der Waals surface area contributed by atoms with E-state index in [0.717, 1.165) is 21.2 Å². The van der Waals surface area contributed by atoms with E-state index in [9.17, 15) is 0 Å². The van der Waals surface area contributed by atoms with Gasteiger partial charge in [-0.1, -0.05) is 60.1 Å². The lowest BCUT2D eigenvalue weighted by Crippen LogP contribution is -2.18. The zero-order chi connectivity index (χ0) is 14.5. The van der Waals surface area contributed by atoms with Crippen LogP contribution in [0, 0.1) is 5.92 Å². The first-order valence-corrected chi connectivity index (χ1v) is 8.40. The molecule has 0 aromatic heterocycles. The molecule has 106 valence electrons. The van der Waals surface area contributed by atoms with E-state index in [-0.39, 0.29) is 0 Å². The molecular weight excluding hydrogens is 378 g/mol. The van der Waals surface area contributed by atoms with Crippen LogP contribution in [0.3, 0.4) is 0 Å². The summed E-state index contributed by atoms with van der Waals surface area (Å²) in [5, 5.41) is 3.56. The van der Waals surface area contributed by atoms with E-state index < -0.39 is 0 Å². The van der Waals surface area contributed by atoms with E-state index in [1.807, 2.05) is 6.07 Å². The van der Waals surface area contributed by atoms with Gasteiger partial charge in [0.25, 0.3) is 0 Å². The van der Waals surface area contributed by atoms with E-state index in [0.29, 0.717) is 11.8 Å². The van der Waals surface area contributed by atoms with Gasteiger partial charge >= 0.3 is 0 Å². The molecule has 3 heteroatoms. The number of benzene rings is 2. The second kappa shape index (κ2) is 7.28. The number of rotatable bonds is 5. The maximum absolute atomic E-state index is 3.59. The van der Waals surface area contributed by atoms with Crippen molar-refractivity contribution in [3.63, 3.8) is 0 Å². The van der Waals surface area contributed by atoms with Crippen molar-refractivity contribution in [2.24, 2.45) is 5.92 Å². The Hall–Kier alpha value is -0.800. The molecule has 0 aliphatic rings. The van der Waals surface area contributed by atoms with Gasteiger partial charge in [0, 0.05) is 27.1 Å². The zero-order valence-corrected chi connectivity index (χ0v) is 14.9. The molecule has 0 heterocycles. The summed E-state index contributed by atoms with van der Waals surface area (Å²) in [6.45, 7) is 5.47. The maximum atomic E-state index is 3.59. The van der Waals surface area contributed by atoms with E-state index >= 15 is 0 Å². The van der Waals surface area contributed by atoms with Gasteiger partial charge in [0.2, 0.25) is 0 Å². The highest BCUT2D eigenvalue weighted by atomic mass is 79.9. The number of hydrogen-bond acceptors (Lipinski definition) is 1. The topological polar surface area (TPSA) is 12.0 Å². The SMILES string of the molecule is CC(C)C(CNc1cc(Br)ccc1Br)c1ccccc1. The monoisotopic (exact) mass is 395 g/mol. The van der Waals surface area contributed by atoms with Crippen LogP contribution in [-0.2, 0) is 0 Å². The van der Waals surface area contributed by atoms with E-state index in [1.165, 1.54) is 5.56 Å². The summed E-state index contributed by atoms with van der Waals surface area (Å²) in [6.07, 6.45) is 0. The molecule has 0 amide bonds. The molecule has 1 atom stereocenters. The molecule has 0 spiro atoms. The Morgan fingerprint density at radius 2 is 1.70 bits per heavy atom. The Morgan fingerprint density at radius 3 is 2.35 bits per heavy atom. The van der Waals surface area contributed by atoms with Crippen molar-refractivity contribution in [2.45, 2.75) is 19.8 Å². The van der Waals surface area contributed by atoms with Crippen LogP contribution in [-0.4, -0.2) is 6.54 Å². The summed E-state index contributed by atoms with van der Waals surface area (Å²) in [7, 11) is 0. The smallest absolute Gasteiger partial charge is 0.0496 e. The Bertz CT molecular complexity index is 552. The Morgan fingerprint density at radius 1 is 1.00 bits per heavy atom. The molecule has 1 nitrogen and oxygen atoms in total. The first-order chi connectivity index (χ1) is 9.58. The van der Waals surface area contributed by atoms with Crippen LogP contribution >= 0.6 is 31.9 Å². The van der Waals surface area contributed by atoms with Crippen LogP contribution in [0.5, 0.6) is 0 Å². The molecule has 2 aromatic carbocycles. The van der Waals surface area contributed by atoms with Crippen LogP contribution in [0.15, 0.2) is 57.5 Å². The number of nitrogens with one attached hydrogen (secondary N) is 1. The minimum Gasteiger partial charge on any atom is -0.383 e. The molecule has 20 heavy (non-hydrogen) atoms. The third-order valence-corrected chi connectivity index (χ3v) is 4.66. The molecule has 0 bridgehead atoms. The molecular formula is C17H19Br2N. The van der Waals surface area contributed by atoms with Crippen molar-refractivity contribution in [3.05, 3.63) is 63.0 Å². The Labute approximate surface area is 138 Å². The van der Waals surface area contributed by atoms with Crippen molar-refractivity contribution >= 4 is 37.5 Å². The van der Waals surface area contributed by atoms with Crippen molar-refractivity contribution in [1.82, 2.24) is 0 Å². The van der Waals surface area contributed by atoms with Crippen molar-refractivity contribution in [2.75, 3.05) is 11.9 Å². The van der Waals surface area contributed by atoms with Crippen molar-refractivity contribution in [1.29, 1.82) is 0 Å². The highest BCUT2D eigenvalue weighted by Gasteiger charge is 2.15. The predicted molar refractivity (Wildman–Crippen MR) is 94.4 cm³/mol. The lowest BCUT2D eigenvalue weighted by molar-refractivity contribution is 0.517.